The van der Waals surface area contributed by atoms with Gasteiger partial charge in [0.15, 0.2) is 0 Å². The smallest absolute Gasteiger partial charge is 0.119 e. The second-order valence-electron chi connectivity index (χ2n) is 3.28. The maximum atomic E-state index is 5.73. The summed E-state index contributed by atoms with van der Waals surface area (Å²) in [7, 11) is 0. The van der Waals surface area contributed by atoms with Crippen molar-refractivity contribution in [1.29, 1.82) is 0 Å². The van der Waals surface area contributed by atoms with E-state index in [9.17, 15) is 0 Å². The molecule has 1 atom stereocenters. The summed E-state index contributed by atoms with van der Waals surface area (Å²) in [4.78, 5) is 0. The molecule has 0 saturated heterocycles. The molecule has 2 nitrogen and oxygen atoms in total. The molecule has 14 heavy (non-hydrogen) atoms. The van der Waals surface area contributed by atoms with Crippen molar-refractivity contribution in [1.82, 2.24) is 0 Å². The average molecular weight is 191 g/mol. The summed E-state index contributed by atoms with van der Waals surface area (Å²) in [5.41, 5.74) is 6.86. The van der Waals surface area contributed by atoms with Gasteiger partial charge in [-0.15, -0.1) is 6.58 Å². The van der Waals surface area contributed by atoms with Gasteiger partial charge in [-0.05, 0) is 31.0 Å². The van der Waals surface area contributed by atoms with Crippen LogP contribution in [0, 0.1) is 0 Å². The molecule has 2 heteroatoms. The predicted octanol–water partition coefficient (Wildman–Crippen LogP) is 2.66. The molecule has 0 saturated carbocycles. The molecule has 0 aliphatic carbocycles. The fourth-order valence-electron chi connectivity index (χ4n) is 1.13. The minimum atomic E-state index is 0.0808. The molecule has 0 bridgehead atoms. The molecule has 0 aliphatic rings. The van der Waals surface area contributed by atoms with E-state index in [1.54, 1.807) is 0 Å². The second kappa shape index (κ2) is 5.45. The molecule has 0 amide bonds. The summed E-state index contributed by atoms with van der Waals surface area (Å²) in [5, 5.41) is 0. The molecule has 0 fully saturated rings. The van der Waals surface area contributed by atoms with Crippen molar-refractivity contribution >= 4 is 0 Å². The minimum Gasteiger partial charge on any atom is -0.493 e. The third-order valence-electron chi connectivity index (χ3n) is 2.00. The first-order valence-electron chi connectivity index (χ1n) is 4.83. The molecule has 1 aromatic rings. The Balaban J connectivity index is 2.51. The minimum absolute atomic E-state index is 0.0808. The van der Waals surface area contributed by atoms with Crippen LogP contribution in [-0.2, 0) is 0 Å². The molecule has 2 N–H and O–H groups in total. The van der Waals surface area contributed by atoms with Crippen LogP contribution in [-0.4, -0.2) is 6.61 Å². The van der Waals surface area contributed by atoms with E-state index in [1.807, 2.05) is 37.3 Å². The number of hydrogen-bond acceptors (Lipinski definition) is 2. The van der Waals surface area contributed by atoms with Crippen LogP contribution in [0.1, 0.15) is 24.9 Å². The third kappa shape index (κ3) is 3.23. The van der Waals surface area contributed by atoms with Crippen LogP contribution in [0.15, 0.2) is 36.9 Å². The molecule has 76 valence electrons. The molecule has 0 radical (unpaired) electrons. The van der Waals surface area contributed by atoms with Crippen molar-refractivity contribution in [2.24, 2.45) is 5.73 Å². The van der Waals surface area contributed by atoms with Crippen LogP contribution in [0.5, 0.6) is 5.75 Å². The summed E-state index contributed by atoms with van der Waals surface area (Å²) < 4.78 is 5.47. The molecule has 0 heterocycles. The van der Waals surface area contributed by atoms with Gasteiger partial charge in [-0.1, -0.05) is 18.2 Å². The third-order valence-corrected chi connectivity index (χ3v) is 2.00. The van der Waals surface area contributed by atoms with Crippen molar-refractivity contribution in [2.75, 3.05) is 6.61 Å². The maximum absolute atomic E-state index is 5.73. The van der Waals surface area contributed by atoms with Crippen LogP contribution in [0.2, 0.25) is 0 Å². The molecule has 0 unspecified atom stereocenters. The van der Waals surface area contributed by atoms with Crippen LogP contribution >= 0.6 is 0 Å². The van der Waals surface area contributed by atoms with Crippen molar-refractivity contribution in [3.8, 4) is 5.75 Å². The van der Waals surface area contributed by atoms with Crippen molar-refractivity contribution in [3.05, 3.63) is 42.5 Å². The fourth-order valence-corrected chi connectivity index (χ4v) is 1.13. The highest BCUT2D eigenvalue weighted by Crippen LogP contribution is 2.15. The molecular weight excluding hydrogens is 174 g/mol. The van der Waals surface area contributed by atoms with Gasteiger partial charge in [0, 0.05) is 6.04 Å². The number of benzene rings is 1. The predicted molar refractivity (Wildman–Crippen MR) is 59.4 cm³/mol. The van der Waals surface area contributed by atoms with E-state index in [4.69, 9.17) is 10.5 Å². The Bertz CT molecular complexity index is 277. The topological polar surface area (TPSA) is 35.2 Å². The zero-order valence-electron chi connectivity index (χ0n) is 8.57. The Morgan fingerprint density at radius 1 is 1.43 bits per heavy atom. The molecule has 1 rings (SSSR count). The van der Waals surface area contributed by atoms with Gasteiger partial charge in [0.05, 0.1) is 6.61 Å². The lowest BCUT2D eigenvalue weighted by atomic mass is 10.1. The number of ether oxygens (including phenoxy) is 1. The number of nitrogens with two attached hydrogens (primary N) is 1. The van der Waals surface area contributed by atoms with Gasteiger partial charge in [-0.3, -0.25) is 0 Å². The Kier molecular flexibility index (Phi) is 4.20. The van der Waals surface area contributed by atoms with Crippen molar-refractivity contribution in [3.63, 3.8) is 0 Å². The molecule has 0 spiro atoms. The summed E-state index contributed by atoms with van der Waals surface area (Å²) in [5.74, 6) is 0.885. The first kappa shape index (κ1) is 10.8. The SMILES string of the molecule is C=CCCOc1ccc([C@@H](C)N)cc1. The largest absolute Gasteiger partial charge is 0.493 e. The van der Waals surface area contributed by atoms with Gasteiger partial charge in [0.25, 0.3) is 0 Å². The quantitative estimate of drug-likeness (QED) is 0.573. The van der Waals surface area contributed by atoms with E-state index < -0.39 is 0 Å². The second-order valence-corrected chi connectivity index (χ2v) is 3.28. The van der Waals surface area contributed by atoms with E-state index in [0.29, 0.717) is 6.61 Å². The summed E-state index contributed by atoms with van der Waals surface area (Å²) in [6, 6.07) is 7.96. The monoisotopic (exact) mass is 191 g/mol. The van der Waals surface area contributed by atoms with Gasteiger partial charge in [-0.25, -0.2) is 0 Å². The van der Waals surface area contributed by atoms with Gasteiger partial charge in [-0.2, -0.15) is 0 Å². The first-order chi connectivity index (χ1) is 6.74. The molecular formula is C12H17NO. The zero-order chi connectivity index (χ0) is 10.4. The van der Waals surface area contributed by atoms with Gasteiger partial charge in [0.2, 0.25) is 0 Å². The highest BCUT2D eigenvalue weighted by molar-refractivity contribution is 5.28. The van der Waals surface area contributed by atoms with Crippen LogP contribution < -0.4 is 10.5 Å². The van der Waals surface area contributed by atoms with Gasteiger partial charge >= 0.3 is 0 Å². The first-order valence-corrected chi connectivity index (χ1v) is 4.83. The standard InChI is InChI=1S/C12H17NO/c1-3-4-9-14-12-7-5-11(6-8-12)10(2)13/h3,5-8,10H,1,4,9,13H2,2H3/t10-/m1/s1. The summed E-state index contributed by atoms with van der Waals surface area (Å²) in [6.45, 7) is 6.28. The number of hydrogen-bond donors (Lipinski definition) is 1. The van der Waals surface area contributed by atoms with Crippen LogP contribution in [0.3, 0.4) is 0 Å². The van der Waals surface area contributed by atoms with Gasteiger partial charge in [0.1, 0.15) is 5.75 Å². The molecule has 0 aliphatic heterocycles. The normalized spacial score (nSPS) is 12.1. The lowest BCUT2D eigenvalue weighted by Crippen LogP contribution is -2.04. The van der Waals surface area contributed by atoms with Crippen molar-refractivity contribution in [2.45, 2.75) is 19.4 Å². The van der Waals surface area contributed by atoms with E-state index in [-0.39, 0.29) is 6.04 Å². The average Bonchev–Trinajstić information content (AvgIpc) is 2.19. The number of rotatable bonds is 5. The Hall–Kier alpha value is -1.28. The van der Waals surface area contributed by atoms with E-state index in [0.717, 1.165) is 17.7 Å². The summed E-state index contributed by atoms with van der Waals surface area (Å²) >= 11 is 0. The van der Waals surface area contributed by atoms with Crippen LogP contribution in [0.25, 0.3) is 0 Å². The Labute approximate surface area is 85.4 Å². The van der Waals surface area contributed by atoms with E-state index in [2.05, 4.69) is 6.58 Å². The van der Waals surface area contributed by atoms with E-state index in [1.165, 1.54) is 0 Å². The summed E-state index contributed by atoms with van der Waals surface area (Å²) in [6.07, 6.45) is 2.71. The van der Waals surface area contributed by atoms with E-state index >= 15 is 0 Å². The molecule has 0 aromatic heterocycles. The fraction of sp³-hybridized carbons (Fsp3) is 0.333. The van der Waals surface area contributed by atoms with Crippen molar-refractivity contribution < 1.29 is 4.74 Å². The highest BCUT2D eigenvalue weighted by atomic mass is 16.5. The highest BCUT2D eigenvalue weighted by Gasteiger charge is 1.98. The zero-order valence-corrected chi connectivity index (χ0v) is 8.57. The lowest BCUT2D eigenvalue weighted by molar-refractivity contribution is 0.325. The maximum Gasteiger partial charge on any atom is 0.119 e. The Morgan fingerprint density at radius 2 is 2.07 bits per heavy atom. The van der Waals surface area contributed by atoms with Gasteiger partial charge < -0.3 is 10.5 Å². The van der Waals surface area contributed by atoms with Crippen LogP contribution in [0.4, 0.5) is 0 Å². The molecule has 1 aromatic carbocycles. The lowest BCUT2D eigenvalue weighted by Gasteiger charge is -2.07. The Morgan fingerprint density at radius 3 is 2.57 bits per heavy atom.